The van der Waals surface area contributed by atoms with Crippen LogP contribution in [0.5, 0.6) is 0 Å². The van der Waals surface area contributed by atoms with Crippen LogP contribution in [-0.2, 0) is 16.2 Å². The number of hydrogen-bond acceptors (Lipinski definition) is 6. The molecule has 2 aromatic rings. The number of para-hydroxylation sites is 1. The van der Waals surface area contributed by atoms with Crippen molar-refractivity contribution < 1.29 is 14.6 Å². The zero-order valence-corrected chi connectivity index (χ0v) is 12.8. The van der Waals surface area contributed by atoms with E-state index in [0.717, 1.165) is 4.88 Å². The molecule has 1 aliphatic rings. The third-order valence-electron chi connectivity index (χ3n) is 3.39. The molecule has 1 aromatic carbocycles. The fraction of sp³-hybridized carbons (Fsp3) is 0.200. The molecule has 1 atom stereocenters. The molecule has 3 rings (SSSR count). The van der Waals surface area contributed by atoms with Crippen LogP contribution >= 0.6 is 11.3 Å². The maximum absolute atomic E-state index is 12.1. The monoisotopic (exact) mass is 331 g/mol. The van der Waals surface area contributed by atoms with Crippen molar-refractivity contribution in [3.05, 3.63) is 62.3 Å². The topological polar surface area (TPSA) is 93.8 Å². The number of carbonyl (C=O) groups excluding carboxylic acids is 1. The first-order valence-corrected chi connectivity index (χ1v) is 7.79. The summed E-state index contributed by atoms with van der Waals surface area (Å²) >= 11 is 1.55. The summed E-state index contributed by atoms with van der Waals surface area (Å²) in [6.45, 7) is 0.428. The van der Waals surface area contributed by atoms with E-state index in [2.05, 4.69) is 10.5 Å². The lowest BCUT2D eigenvalue weighted by Crippen LogP contribution is -2.34. The van der Waals surface area contributed by atoms with E-state index in [4.69, 9.17) is 4.84 Å². The average molecular weight is 331 g/mol. The van der Waals surface area contributed by atoms with Crippen molar-refractivity contribution in [1.82, 2.24) is 5.32 Å². The number of rotatable bonds is 5. The van der Waals surface area contributed by atoms with Gasteiger partial charge in [-0.1, -0.05) is 23.4 Å². The van der Waals surface area contributed by atoms with Gasteiger partial charge < -0.3 is 10.2 Å². The van der Waals surface area contributed by atoms with E-state index in [9.17, 15) is 14.9 Å². The minimum Gasteiger partial charge on any atom is -0.382 e. The highest BCUT2D eigenvalue weighted by Crippen LogP contribution is 2.24. The number of hydrogen-bond donors (Lipinski definition) is 1. The van der Waals surface area contributed by atoms with Crippen LogP contribution < -0.4 is 5.32 Å². The molecule has 1 N–H and O–H groups in total. The molecule has 0 spiro atoms. The van der Waals surface area contributed by atoms with Gasteiger partial charge in [-0.25, -0.2) is 0 Å². The third-order valence-corrected chi connectivity index (χ3v) is 4.27. The Bertz CT molecular complexity index is 758. The Hall–Kier alpha value is -2.74. The molecular weight excluding hydrogens is 318 g/mol. The van der Waals surface area contributed by atoms with Crippen LogP contribution in [0.25, 0.3) is 0 Å². The quantitative estimate of drug-likeness (QED) is 0.672. The summed E-state index contributed by atoms with van der Waals surface area (Å²) in [4.78, 5) is 28.9. The second kappa shape index (κ2) is 6.57. The van der Waals surface area contributed by atoms with Crippen molar-refractivity contribution in [2.45, 2.75) is 19.1 Å². The lowest BCUT2D eigenvalue weighted by atomic mass is 10.0. The van der Waals surface area contributed by atoms with Crippen molar-refractivity contribution in [1.29, 1.82) is 0 Å². The number of thiophene rings is 1. The predicted octanol–water partition coefficient (Wildman–Crippen LogP) is 2.47. The third kappa shape index (κ3) is 3.37. The molecule has 7 nitrogen and oxygen atoms in total. The summed E-state index contributed by atoms with van der Waals surface area (Å²) in [7, 11) is 0. The van der Waals surface area contributed by atoms with E-state index >= 15 is 0 Å². The Morgan fingerprint density at radius 1 is 1.39 bits per heavy atom. The summed E-state index contributed by atoms with van der Waals surface area (Å²) in [5.74, 6) is -0.282. The first-order valence-electron chi connectivity index (χ1n) is 6.91. The number of nitro groups is 1. The molecule has 0 saturated heterocycles. The highest BCUT2D eigenvalue weighted by atomic mass is 32.1. The highest BCUT2D eigenvalue weighted by molar-refractivity contribution is 7.09. The minimum atomic E-state index is -0.759. The van der Waals surface area contributed by atoms with E-state index < -0.39 is 11.0 Å². The maximum atomic E-state index is 12.1. The Balaban J connectivity index is 1.64. The average Bonchev–Trinajstić information content (AvgIpc) is 3.24. The summed E-state index contributed by atoms with van der Waals surface area (Å²) in [6, 6.07) is 10.1. The fourth-order valence-corrected chi connectivity index (χ4v) is 2.90. The van der Waals surface area contributed by atoms with Gasteiger partial charge in [0.15, 0.2) is 0 Å². The summed E-state index contributed by atoms with van der Waals surface area (Å²) in [5, 5.41) is 19.6. The van der Waals surface area contributed by atoms with Gasteiger partial charge in [0.2, 0.25) is 6.10 Å². The van der Waals surface area contributed by atoms with Gasteiger partial charge in [0, 0.05) is 17.4 Å². The number of amides is 1. The normalized spacial score (nSPS) is 16.5. The molecule has 0 bridgehead atoms. The van der Waals surface area contributed by atoms with Crippen molar-refractivity contribution in [2.75, 3.05) is 0 Å². The number of nitrogens with one attached hydrogen (secondary N) is 1. The maximum Gasteiger partial charge on any atom is 0.278 e. The van der Waals surface area contributed by atoms with Gasteiger partial charge in [0.25, 0.3) is 11.6 Å². The van der Waals surface area contributed by atoms with Crippen LogP contribution in [0.4, 0.5) is 5.69 Å². The Kier molecular flexibility index (Phi) is 4.33. The molecule has 1 amide bonds. The Labute approximate surface area is 135 Å². The van der Waals surface area contributed by atoms with Gasteiger partial charge in [-0.3, -0.25) is 14.9 Å². The second-order valence-electron chi connectivity index (χ2n) is 4.91. The molecule has 8 heteroatoms. The smallest absolute Gasteiger partial charge is 0.278 e. The van der Waals surface area contributed by atoms with Crippen LogP contribution in [0, 0.1) is 10.1 Å². The number of nitro benzene ring substituents is 1. The van der Waals surface area contributed by atoms with Gasteiger partial charge in [-0.15, -0.1) is 11.3 Å². The fourth-order valence-electron chi connectivity index (χ4n) is 2.26. The number of oxime groups is 1. The minimum absolute atomic E-state index is 0.0468. The van der Waals surface area contributed by atoms with Crippen LogP contribution in [0.1, 0.15) is 16.9 Å². The summed E-state index contributed by atoms with van der Waals surface area (Å²) < 4.78 is 0. The SMILES string of the molecule is O=C(NCc1cccs1)[C@H]1CC(c2ccccc2[N+](=O)[O-])=NO1. The summed E-state index contributed by atoms with van der Waals surface area (Å²) in [6.07, 6.45) is -0.550. The lowest BCUT2D eigenvalue weighted by Gasteiger charge is -2.08. The molecule has 0 radical (unpaired) electrons. The van der Waals surface area contributed by atoms with Crippen molar-refractivity contribution >= 4 is 28.6 Å². The van der Waals surface area contributed by atoms with Gasteiger partial charge >= 0.3 is 0 Å². The van der Waals surface area contributed by atoms with Gasteiger partial charge in [-0.05, 0) is 17.5 Å². The van der Waals surface area contributed by atoms with E-state index in [0.29, 0.717) is 17.8 Å². The second-order valence-corrected chi connectivity index (χ2v) is 5.94. The number of benzene rings is 1. The molecule has 118 valence electrons. The van der Waals surface area contributed by atoms with Crippen LogP contribution in [0.2, 0.25) is 0 Å². The van der Waals surface area contributed by atoms with E-state index in [-0.39, 0.29) is 18.0 Å². The molecule has 1 aromatic heterocycles. The lowest BCUT2D eigenvalue weighted by molar-refractivity contribution is -0.385. The zero-order chi connectivity index (χ0) is 16.2. The molecule has 2 heterocycles. The van der Waals surface area contributed by atoms with E-state index in [1.165, 1.54) is 6.07 Å². The van der Waals surface area contributed by atoms with Crippen LogP contribution in [-0.4, -0.2) is 22.6 Å². The van der Waals surface area contributed by atoms with Gasteiger partial charge in [-0.2, -0.15) is 0 Å². The van der Waals surface area contributed by atoms with E-state index in [1.807, 2.05) is 17.5 Å². The van der Waals surface area contributed by atoms with Gasteiger partial charge in [0.05, 0.1) is 22.7 Å². The van der Waals surface area contributed by atoms with Gasteiger partial charge in [0.1, 0.15) is 0 Å². The molecule has 0 saturated carbocycles. The number of nitrogens with zero attached hydrogens (tertiary/aromatic N) is 2. The standard InChI is InChI=1S/C15H13N3O4S/c19-15(16-9-10-4-3-7-23-10)14-8-12(17-22-14)11-5-1-2-6-13(11)18(20)21/h1-7,14H,8-9H2,(H,16,19)/t14-/m1/s1. The first-order chi connectivity index (χ1) is 11.1. The van der Waals surface area contributed by atoms with E-state index in [1.54, 1.807) is 29.5 Å². The van der Waals surface area contributed by atoms with Crippen molar-refractivity contribution in [2.24, 2.45) is 5.16 Å². The highest BCUT2D eigenvalue weighted by Gasteiger charge is 2.31. The largest absolute Gasteiger partial charge is 0.382 e. The molecule has 0 fully saturated rings. The number of carbonyl (C=O) groups is 1. The predicted molar refractivity (Wildman–Crippen MR) is 85.3 cm³/mol. The first kappa shape index (κ1) is 15.2. The molecule has 0 unspecified atom stereocenters. The van der Waals surface area contributed by atoms with Crippen LogP contribution in [0.15, 0.2) is 46.9 Å². The molecule has 1 aliphatic heterocycles. The zero-order valence-electron chi connectivity index (χ0n) is 12.0. The Morgan fingerprint density at radius 3 is 2.96 bits per heavy atom. The molecular formula is C15H13N3O4S. The molecule has 0 aliphatic carbocycles. The Morgan fingerprint density at radius 2 is 2.22 bits per heavy atom. The van der Waals surface area contributed by atoms with Crippen LogP contribution in [0.3, 0.4) is 0 Å². The van der Waals surface area contributed by atoms with Crippen molar-refractivity contribution in [3.63, 3.8) is 0 Å². The van der Waals surface area contributed by atoms with Crippen molar-refractivity contribution in [3.8, 4) is 0 Å². The summed E-state index contributed by atoms with van der Waals surface area (Å²) in [5.41, 5.74) is 0.745. The molecule has 23 heavy (non-hydrogen) atoms.